The molecular formula is C16H24N2O. The van der Waals surface area contributed by atoms with Crippen molar-refractivity contribution >= 4 is 11.6 Å². The van der Waals surface area contributed by atoms with E-state index < -0.39 is 0 Å². The molecule has 1 aromatic carbocycles. The minimum atomic E-state index is 0.182. The molecule has 0 saturated carbocycles. The largest absolute Gasteiger partial charge is 0.309 e. The van der Waals surface area contributed by atoms with Crippen molar-refractivity contribution in [3.63, 3.8) is 0 Å². The Bertz CT molecular complexity index is 456. The van der Waals surface area contributed by atoms with Gasteiger partial charge in [-0.25, -0.2) is 0 Å². The molecule has 1 heterocycles. The highest BCUT2D eigenvalue weighted by atomic mass is 16.2. The molecule has 2 rings (SSSR count). The third-order valence-corrected chi connectivity index (χ3v) is 4.02. The van der Waals surface area contributed by atoms with Crippen LogP contribution in [0, 0.1) is 13.8 Å². The lowest BCUT2D eigenvalue weighted by atomic mass is 10.0. The number of piperazine rings is 1. The summed E-state index contributed by atoms with van der Waals surface area (Å²) in [4.78, 5) is 14.1. The smallest absolute Gasteiger partial charge is 0.241 e. The third-order valence-electron chi connectivity index (χ3n) is 4.02. The van der Waals surface area contributed by atoms with E-state index in [0.717, 1.165) is 18.7 Å². The van der Waals surface area contributed by atoms with Crippen LogP contribution in [0.4, 0.5) is 5.69 Å². The average Bonchev–Trinajstić information content (AvgIpc) is 2.41. The van der Waals surface area contributed by atoms with Crippen LogP contribution in [-0.4, -0.2) is 25.0 Å². The molecule has 0 bridgehead atoms. The molecule has 1 aliphatic rings. The second-order valence-corrected chi connectivity index (χ2v) is 5.44. The van der Waals surface area contributed by atoms with E-state index in [-0.39, 0.29) is 5.91 Å². The summed E-state index contributed by atoms with van der Waals surface area (Å²) in [6.07, 6.45) is 3.56. The second-order valence-electron chi connectivity index (χ2n) is 5.44. The fourth-order valence-electron chi connectivity index (χ4n) is 2.62. The Morgan fingerprint density at radius 2 is 2.16 bits per heavy atom. The zero-order valence-corrected chi connectivity index (χ0v) is 12.2. The summed E-state index contributed by atoms with van der Waals surface area (Å²) >= 11 is 0. The molecule has 3 heteroatoms. The first-order chi connectivity index (χ1) is 9.13. The van der Waals surface area contributed by atoms with Gasteiger partial charge in [0.05, 0.1) is 6.54 Å². The number of aryl methyl sites for hydroxylation is 1. The molecule has 1 unspecified atom stereocenters. The van der Waals surface area contributed by atoms with E-state index in [2.05, 4.69) is 38.2 Å². The Morgan fingerprint density at radius 1 is 1.37 bits per heavy atom. The number of hydrogen-bond acceptors (Lipinski definition) is 2. The first-order valence-corrected chi connectivity index (χ1v) is 7.23. The predicted molar refractivity (Wildman–Crippen MR) is 79.6 cm³/mol. The lowest BCUT2D eigenvalue weighted by Gasteiger charge is -2.34. The molecule has 0 radical (unpaired) electrons. The maximum atomic E-state index is 12.1. The predicted octanol–water partition coefficient (Wildman–Crippen LogP) is 2.80. The van der Waals surface area contributed by atoms with Crippen molar-refractivity contribution in [1.82, 2.24) is 5.32 Å². The summed E-state index contributed by atoms with van der Waals surface area (Å²) in [6, 6.07) is 6.62. The molecule has 1 amide bonds. The van der Waals surface area contributed by atoms with Crippen LogP contribution in [0.3, 0.4) is 0 Å². The topological polar surface area (TPSA) is 32.3 Å². The normalized spacial score (nSPS) is 19.8. The van der Waals surface area contributed by atoms with E-state index in [1.807, 2.05) is 11.0 Å². The van der Waals surface area contributed by atoms with Crippen molar-refractivity contribution in [2.75, 3.05) is 18.0 Å². The van der Waals surface area contributed by atoms with E-state index in [1.165, 1.54) is 24.0 Å². The number of carbonyl (C=O) groups excluding carboxylic acids is 1. The van der Waals surface area contributed by atoms with E-state index in [9.17, 15) is 4.79 Å². The Hall–Kier alpha value is -1.35. The van der Waals surface area contributed by atoms with Gasteiger partial charge < -0.3 is 10.2 Å². The third kappa shape index (κ3) is 3.16. The fourth-order valence-corrected chi connectivity index (χ4v) is 2.62. The Labute approximate surface area is 116 Å². The van der Waals surface area contributed by atoms with Gasteiger partial charge in [-0.05, 0) is 37.5 Å². The molecule has 19 heavy (non-hydrogen) atoms. The van der Waals surface area contributed by atoms with Gasteiger partial charge >= 0.3 is 0 Å². The van der Waals surface area contributed by atoms with E-state index >= 15 is 0 Å². The van der Waals surface area contributed by atoms with Gasteiger partial charge in [-0.1, -0.05) is 31.9 Å². The van der Waals surface area contributed by atoms with Crippen LogP contribution in [0.5, 0.6) is 0 Å². The molecule has 3 nitrogen and oxygen atoms in total. The monoisotopic (exact) mass is 260 g/mol. The lowest BCUT2D eigenvalue weighted by molar-refractivity contribution is -0.119. The molecule has 1 aliphatic heterocycles. The van der Waals surface area contributed by atoms with Gasteiger partial charge in [-0.15, -0.1) is 0 Å². The molecule has 1 saturated heterocycles. The quantitative estimate of drug-likeness (QED) is 0.903. The van der Waals surface area contributed by atoms with Crippen molar-refractivity contribution in [1.29, 1.82) is 0 Å². The van der Waals surface area contributed by atoms with Crippen LogP contribution in [0.2, 0.25) is 0 Å². The molecule has 0 aliphatic carbocycles. The van der Waals surface area contributed by atoms with E-state index in [0.29, 0.717) is 12.6 Å². The molecule has 1 N–H and O–H groups in total. The standard InChI is InChI=1S/C16H24N2O/c1-4-5-8-14-11-18(16(19)10-17-14)15-9-6-7-12(2)13(15)3/h6-7,9,14,17H,4-5,8,10-11H2,1-3H3. The van der Waals surface area contributed by atoms with Crippen molar-refractivity contribution in [2.45, 2.75) is 46.1 Å². The Kier molecular flexibility index (Phi) is 4.59. The molecule has 1 atom stereocenters. The number of carbonyl (C=O) groups is 1. The second kappa shape index (κ2) is 6.20. The summed E-state index contributed by atoms with van der Waals surface area (Å²) in [5, 5.41) is 3.35. The molecule has 0 aromatic heterocycles. The van der Waals surface area contributed by atoms with E-state index in [4.69, 9.17) is 0 Å². The number of nitrogens with zero attached hydrogens (tertiary/aromatic N) is 1. The van der Waals surface area contributed by atoms with Crippen LogP contribution in [0.15, 0.2) is 18.2 Å². The SMILES string of the molecule is CCCCC1CN(c2cccc(C)c2C)C(=O)CN1. The summed E-state index contributed by atoms with van der Waals surface area (Å²) in [6.45, 7) is 7.66. The van der Waals surface area contributed by atoms with Gasteiger partial charge in [0, 0.05) is 18.3 Å². The first kappa shape index (κ1) is 14.1. The van der Waals surface area contributed by atoms with Crippen molar-refractivity contribution in [3.8, 4) is 0 Å². The van der Waals surface area contributed by atoms with Gasteiger partial charge in [0.1, 0.15) is 0 Å². The van der Waals surface area contributed by atoms with Crippen molar-refractivity contribution < 1.29 is 4.79 Å². The number of unbranched alkanes of at least 4 members (excludes halogenated alkanes) is 1. The zero-order chi connectivity index (χ0) is 13.8. The van der Waals surface area contributed by atoms with Crippen LogP contribution in [0.1, 0.15) is 37.3 Å². The van der Waals surface area contributed by atoms with Crippen LogP contribution in [-0.2, 0) is 4.79 Å². The Morgan fingerprint density at radius 3 is 2.89 bits per heavy atom. The highest BCUT2D eigenvalue weighted by molar-refractivity contribution is 5.96. The minimum absolute atomic E-state index is 0.182. The van der Waals surface area contributed by atoms with Gasteiger partial charge in [0.15, 0.2) is 0 Å². The van der Waals surface area contributed by atoms with Gasteiger partial charge in [-0.3, -0.25) is 4.79 Å². The molecular weight excluding hydrogens is 236 g/mol. The first-order valence-electron chi connectivity index (χ1n) is 7.23. The number of benzene rings is 1. The summed E-state index contributed by atoms with van der Waals surface area (Å²) in [5.74, 6) is 0.182. The number of rotatable bonds is 4. The maximum absolute atomic E-state index is 12.1. The number of amides is 1. The summed E-state index contributed by atoms with van der Waals surface area (Å²) in [5.41, 5.74) is 3.54. The molecule has 1 fully saturated rings. The van der Waals surface area contributed by atoms with Crippen LogP contribution in [0.25, 0.3) is 0 Å². The minimum Gasteiger partial charge on any atom is -0.309 e. The van der Waals surface area contributed by atoms with E-state index in [1.54, 1.807) is 0 Å². The highest BCUT2D eigenvalue weighted by Crippen LogP contribution is 2.24. The molecule has 104 valence electrons. The van der Waals surface area contributed by atoms with Crippen molar-refractivity contribution in [3.05, 3.63) is 29.3 Å². The lowest BCUT2D eigenvalue weighted by Crippen LogP contribution is -2.54. The van der Waals surface area contributed by atoms with Gasteiger partial charge in [0.2, 0.25) is 5.91 Å². The fraction of sp³-hybridized carbons (Fsp3) is 0.562. The Balaban J connectivity index is 2.16. The van der Waals surface area contributed by atoms with Gasteiger partial charge in [0.25, 0.3) is 0 Å². The van der Waals surface area contributed by atoms with Crippen LogP contribution < -0.4 is 10.2 Å². The summed E-state index contributed by atoms with van der Waals surface area (Å²) < 4.78 is 0. The highest BCUT2D eigenvalue weighted by Gasteiger charge is 2.26. The summed E-state index contributed by atoms with van der Waals surface area (Å²) in [7, 11) is 0. The van der Waals surface area contributed by atoms with Gasteiger partial charge in [-0.2, -0.15) is 0 Å². The zero-order valence-electron chi connectivity index (χ0n) is 12.2. The maximum Gasteiger partial charge on any atom is 0.241 e. The number of hydrogen-bond donors (Lipinski definition) is 1. The molecule has 0 spiro atoms. The average molecular weight is 260 g/mol. The van der Waals surface area contributed by atoms with Crippen LogP contribution >= 0.6 is 0 Å². The van der Waals surface area contributed by atoms with Crippen molar-refractivity contribution in [2.24, 2.45) is 0 Å². The number of nitrogens with one attached hydrogen (secondary N) is 1. The number of anilines is 1. The molecule has 1 aromatic rings.